The lowest BCUT2D eigenvalue weighted by Crippen LogP contribution is -2.29. The first kappa shape index (κ1) is 25.4. The third kappa shape index (κ3) is 5.28. The normalized spacial score (nSPS) is 14.3. The molecular weight excluding hydrogens is 438 g/mol. The number of unbranched alkanes of at least 4 members (excludes halogenated alkanes) is 1. The topological polar surface area (TPSA) is 92.3 Å². The predicted molar refractivity (Wildman–Crippen MR) is 129 cm³/mol. The van der Waals surface area contributed by atoms with Crippen molar-refractivity contribution in [1.29, 1.82) is 0 Å². The number of hydrogen-bond donors (Lipinski definition) is 1. The van der Waals surface area contributed by atoms with Gasteiger partial charge in [-0.3, -0.25) is 9.59 Å². The van der Waals surface area contributed by atoms with Crippen LogP contribution in [0.3, 0.4) is 0 Å². The van der Waals surface area contributed by atoms with Gasteiger partial charge < -0.3 is 29.0 Å². The summed E-state index contributed by atoms with van der Waals surface area (Å²) < 4.78 is 27.5. The first-order chi connectivity index (χ1) is 16.5. The molecule has 2 aromatic carbocycles. The third-order valence-corrected chi connectivity index (χ3v) is 5.97. The molecule has 0 heterocycles. The Morgan fingerprint density at radius 1 is 1.00 bits per heavy atom. The van der Waals surface area contributed by atoms with Crippen LogP contribution in [0.4, 0.5) is 0 Å². The highest BCUT2D eigenvalue weighted by Crippen LogP contribution is 2.50. The zero-order valence-corrected chi connectivity index (χ0v) is 20.5. The Hall–Kier alpha value is -3.26. The number of esters is 1. The maximum atomic E-state index is 12.9. The van der Waals surface area contributed by atoms with Crippen molar-refractivity contribution in [2.24, 2.45) is 0 Å². The van der Waals surface area contributed by atoms with E-state index in [4.69, 9.17) is 23.7 Å². The van der Waals surface area contributed by atoms with E-state index in [0.717, 1.165) is 35.1 Å². The van der Waals surface area contributed by atoms with Gasteiger partial charge in [-0.15, -0.1) is 0 Å². The molecule has 0 aliphatic heterocycles. The maximum absolute atomic E-state index is 12.9. The van der Waals surface area contributed by atoms with Crippen LogP contribution >= 0.6 is 0 Å². The van der Waals surface area contributed by atoms with Crippen molar-refractivity contribution < 1.29 is 28.5 Å². The molecule has 1 N–H and O–H groups in total. The number of nitrogens with one attached hydrogen (secondary N) is 1. The standard InChI is InChI=1S/C26H33NO7/c1-6-7-12-34-23(29)15-27-19-10-8-16-13-22(31-3)25(32-4)26(33-5)24(16)17-9-11-21(30-2)20(28)14-18(17)19/h9,11,13-14,19,27H,6-8,10,12,15H2,1-5H3. The quantitative estimate of drug-likeness (QED) is 0.415. The molecule has 1 aliphatic rings. The fourth-order valence-electron chi connectivity index (χ4n) is 4.27. The van der Waals surface area contributed by atoms with E-state index in [1.54, 1.807) is 33.5 Å². The van der Waals surface area contributed by atoms with Crippen molar-refractivity contribution >= 4 is 5.97 Å². The largest absolute Gasteiger partial charge is 0.493 e. The Kier molecular flexibility index (Phi) is 8.76. The van der Waals surface area contributed by atoms with Crippen LogP contribution in [-0.2, 0) is 16.0 Å². The van der Waals surface area contributed by atoms with Gasteiger partial charge in [-0.1, -0.05) is 19.4 Å². The van der Waals surface area contributed by atoms with Crippen LogP contribution in [0, 0.1) is 0 Å². The minimum absolute atomic E-state index is 0.0396. The highest BCUT2D eigenvalue weighted by Gasteiger charge is 2.29. The van der Waals surface area contributed by atoms with E-state index in [0.29, 0.717) is 36.7 Å². The molecule has 1 unspecified atom stereocenters. The van der Waals surface area contributed by atoms with Crippen molar-refractivity contribution in [3.63, 3.8) is 0 Å². The summed E-state index contributed by atoms with van der Waals surface area (Å²) in [6.45, 7) is 2.48. The van der Waals surface area contributed by atoms with Crippen LogP contribution in [0.1, 0.15) is 43.4 Å². The van der Waals surface area contributed by atoms with Gasteiger partial charge in [0.2, 0.25) is 11.2 Å². The van der Waals surface area contributed by atoms with Gasteiger partial charge in [0.25, 0.3) is 0 Å². The number of hydrogen-bond acceptors (Lipinski definition) is 8. The van der Waals surface area contributed by atoms with E-state index in [9.17, 15) is 9.59 Å². The van der Waals surface area contributed by atoms with Crippen molar-refractivity contribution in [1.82, 2.24) is 5.32 Å². The van der Waals surface area contributed by atoms with Gasteiger partial charge >= 0.3 is 5.97 Å². The van der Waals surface area contributed by atoms with Crippen LogP contribution in [0.5, 0.6) is 23.0 Å². The summed E-state index contributed by atoms with van der Waals surface area (Å²) >= 11 is 0. The number of ether oxygens (including phenoxy) is 5. The van der Waals surface area contributed by atoms with Gasteiger partial charge in [0.1, 0.15) is 0 Å². The smallest absolute Gasteiger partial charge is 0.319 e. The highest BCUT2D eigenvalue weighted by atomic mass is 16.5. The molecular formula is C26H33NO7. The fraction of sp³-hybridized carbons (Fsp3) is 0.462. The van der Waals surface area contributed by atoms with Gasteiger partial charge in [0.05, 0.1) is 41.6 Å². The van der Waals surface area contributed by atoms with Gasteiger partial charge in [-0.25, -0.2) is 0 Å². The Morgan fingerprint density at radius 3 is 2.38 bits per heavy atom. The van der Waals surface area contributed by atoms with Crippen LogP contribution in [-0.4, -0.2) is 47.6 Å². The highest BCUT2D eigenvalue weighted by molar-refractivity contribution is 5.82. The molecule has 2 aromatic rings. The molecule has 8 nitrogen and oxygen atoms in total. The van der Waals surface area contributed by atoms with Gasteiger partial charge in [0.15, 0.2) is 17.2 Å². The van der Waals surface area contributed by atoms with Crippen molar-refractivity contribution in [3.8, 4) is 34.1 Å². The number of methoxy groups -OCH3 is 4. The Morgan fingerprint density at radius 2 is 1.74 bits per heavy atom. The Balaban J connectivity index is 2.13. The average Bonchev–Trinajstić information content (AvgIpc) is 3.09. The molecule has 0 aromatic heterocycles. The van der Waals surface area contributed by atoms with Gasteiger partial charge in [0, 0.05) is 11.6 Å². The second-order valence-corrected chi connectivity index (χ2v) is 8.00. The molecule has 1 atom stereocenters. The predicted octanol–water partition coefficient (Wildman–Crippen LogP) is 3.67. The molecule has 8 heteroatoms. The molecule has 3 rings (SSSR count). The minimum Gasteiger partial charge on any atom is -0.493 e. The van der Waals surface area contributed by atoms with Crippen LogP contribution < -0.4 is 29.7 Å². The second-order valence-electron chi connectivity index (χ2n) is 8.00. The minimum atomic E-state index is -0.321. The zero-order chi connectivity index (χ0) is 24.7. The lowest BCUT2D eigenvalue weighted by molar-refractivity contribution is -0.142. The number of benzene rings is 1. The molecule has 0 radical (unpaired) electrons. The van der Waals surface area contributed by atoms with E-state index in [1.165, 1.54) is 7.11 Å². The number of carbonyl (C=O) groups is 1. The van der Waals surface area contributed by atoms with Crippen LogP contribution in [0.25, 0.3) is 11.1 Å². The molecule has 0 amide bonds. The summed E-state index contributed by atoms with van der Waals surface area (Å²) in [7, 11) is 6.18. The molecule has 184 valence electrons. The first-order valence-electron chi connectivity index (χ1n) is 11.4. The summed E-state index contributed by atoms with van der Waals surface area (Å²) in [5, 5.41) is 3.30. The summed E-state index contributed by atoms with van der Waals surface area (Å²) in [5.41, 5.74) is 3.11. The van der Waals surface area contributed by atoms with Gasteiger partial charge in [-0.2, -0.15) is 0 Å². The van der Waals surface area contributed by atoms with Gasteiger partial charge in [-0.05, 0) is 54.2 Å². The number of carbonyl (C=O) groups excluding carboxylic acids is 1. The number of aryl methyl sites for hydroxylation is 1. The SMILES string of the molecule is CCCCOC(=O)CNC1CCc2cc(OC)c(OC)c(OC)c2-c2ccc(OC)c(=O)cc21. The molecule has 34 heavy (non-hydrogen) atoms. The monoisotopic (exact) mass is 471 g/mol. The lowest BCUT2D eigenvalue weighted by Gasteiger charge is -2.20. The first-order valence-corrected chi connectivity index (χ1v) is 11.4. The van der Waals surface area contributed by atoms with Crippen molar-refractivity contribution in [3.05, 3.63) is 45.6 Å². The summed E-state index contributed by atoms with van der Waals surface area (Å²) in [6.07, 6.45) is 3.09. The summed E-state index contributed by atoms with van der Waals surface area (Å²) in [5.74, 6) is 1.47. The number of rotatable bonds is 10. The van der Waals surface area contributed by atoms with E-state index in [-0.39, 0.29) is 29.7 Å². The molecule has 0 bridgehead atoms. The van der Waals surface area contributed by atoms with E-state index < -0.39 is 0 Å². The number of fused-ring (bicyclic) bond motifs is 3. The molecule has 0 saturated carbocycles. The zero-order valence-electron chi connectivity index (χ0n) is 20.5. The molecule has 0 saturated heterocycles. The van der Waals surface area contributed by atoms with E-state index >= 15 is 0 Å². The van der Waals surface area contributed by atoms with Crippen LogP contribution in [0.2, 0.25) is 0 Å². The third-order valence-electron chi connectivity index (χ3n) is 5.97. The Labute approximate surface area is 200 Å². The Bertz CT molecular complexity index is 1080. The molecule has 0 spiro atoms. The summed E-state index contributed by atoms with van der Waals surface area (Å²) in [6, 6.07) is 6.74. The summed E-state index contributed by atoms with van der Waals surface area (Å²) in [4.78, 5) is 25.1. The van der Waals surface area contributed by atoms with E-state index in [2.05, 4.69) is 5.32 Å². The molecule has 0 fully saturated rings. The van der Waals surface area contributed by atoms with Crippen molar-refractivity contribution in [2.45, 2.75) is 38.6 Å². The van der Waals surface area contributed by atoms with Crippen LogP contribution in [0.15, 0.2) is 29.1 Å². The second kappa shape index (κ2) is 11.7. The lowest BCUT2D eigenvalue weighted by atomic mass is 9.95. The van der Waals surface area contributed by atoms with Crippen molar-refractivity contribution in [2.75, 3.05) is 41.6 Å². The van der Waals surface area contributed by atoms with E-state index in [1.807, 2.05) is 19.1 Å². The molecule has 1 aliphatic carbocycles. The average molecular weight is 472 g/mol. The fourth-order valence-corrected chi connectivity index (χ4v) is 4.27. The maximum Gasteiger partial charge on any atom is 0.319 e.